The first kappa shape index (κ1) is 8.28. The molecule has 1 aromatic carbocycles. The molecule has 2 nitrogen and oxygen atoms in total. The minimum Gasteiger partial charge on any atom is -0.372 e. The van der Waals surface area contributed by atoms with Crippen LogP contribution in [-0.4, -0.2) is 6.61 Å². The van der Waals surface area contributed by atoms with Crippen molar-refractivity contribution in [2.24, 2.45) is 5.92 Å². The third-order valence-electron chi connectivity index (χ3n) is 2.39. The molecule has 13 heavy (non-hydrogen) atoms. The van der Waals surface area contributed by atoms with E-state index in [1.54, 1.807) is 0 Å². The lowest BCUT2D eigenvalue weighted by molar-refractivity contribution is 0.101. The van der Waals surface area contributed by atoms with Gasteiger partial charge < -0.3 is 4.74 Å². The molecule has 2 heteroatoms. The summed E-state index contributed by atoms with van der Waals surface area (Å²) in [7, 11) is 0. The maximum absolute atomic E-state index is 8.87. The fourth-order valence-electron chi connectivity index (χ4n) is 1.69. The fraction of sp³-hybridized carbons (Fsp3) is 0.364. The Balaban J connectivity index is 2.22. The Kier molecular flexibility index (Phi) is 2.29. The average Bonchev–Trinajstić information content (AvgIpc) is 2.67. The number of hydrogen-bond donors (Lipinski definition) is 0. The van der Waals surface area contributed by atoms with Gasteiger partial charge >= 0.3 is 0 Å². The summed E-state index contributed by atoms with van der Waals surface area (Å²) in [5.41, 5.74) is 1.12. The zero-order valence-corrected chi connectivity index (χ0v) is 7.31. The molecule has 66 valence electrons. The van der Waals surface area contributed by atoms with Gasteiger partial charge in [0.15, 0.2) is 0 Å². The summed E-state index contributed by atoms with van der Waals surface area (Å²) in [6.45, 7) is 0.706. The van der Waals surface area contributed by atoms with E-state index in [9.17, 15) is 0 Å². The Hall–Kier alpha value is -1.33. The Morgan fingerprint density at radius 2 is 2.08 bits per heavy atom. The number of rotatable bonds is 1. The summed E-state index contributed by atoms with van der Waals surface area (Å²) in [4.78, 5) is 0. The molecular weight excluding hydrogens is 162 g/mol. The van der Waals surface area contributed by atoms with Crippen molar-refractivity contribution in [3.8, 4) is 6.07 Å². The van der Waals surface area contributed by atoms with Crippen LogP contribution >= 0.6 is 0 Å². The van der Waals surface area contributed by atoms with Crippen LogP contribution in [0.15, 0.2) is 30.3 Å². The molecule has 0 N–H and O–H groups in total. The lowest BCUT2D eigenvalue weighted by Gasteiger charge is -2.12. The number of benzene rings is 1. The van der Waals surface area contributed by atoms with Crippen molar-refractivity contribution in [1.82, 2.24) is 0 Å². The van der Waals surface area contributed by atoms with Gasteiger partial charge in [-0.1, -0.05) is 30.3 Å². The molecule has 1 fully saturated rings. The maximum atomic E-state index is 8.87. The SMILES string of the molecule is N#CC1CCOC1c1ccccc1. The van der Waals surface area contributed by atoms with Crippen LogP contribution in [0.1, 0.15) is 18.1 Å². The molecule has 0 radical (unpaired) electrons. The molecular formula is C11H11NO. The van der Waals surface area contributed by atoms with Gasteiger partial charge in [-0.25, -0.2) is 0 Å². The van der Waals surface area contributed by atoms with E-state index in [0.717, 1.165) is 12.0 Å². The van der Waals surface area contributed by atoms with E-state index in [2.05, 4.69) is 6.07 Å². The second kappa shape index (κ2) is 3.59. The highest BCUT2D eigenvalue weighted by atomic mass is 16.5. The molecule has 0 saturated carbocycles. The monoisotopic (exact) mass is 173 g/mol. The van der Waals surface area contributed by atoms with Crippen molar-refractivity contribution in [2.45, 2.75) is 12.5 Å². The normalized spacial score (nSPS) is 27.0. The quantitative estimate of drug-likeness (QED) is 0.652. The summed E-state index contributed by atoms with van der Waals surface area (Å²) in [5.74, 6) is 0.0300. The highest BCUT2D eigenvalue weighted by Gasteiger charge is 2.29. The van der Waals surface area contributed by atoms with Crippen molar-refractivity contribution in [3.63, 3.8) is 0 Å². The summed E-state index contributed by atoms with van der Waals surface area (Å²) >= 11 is 0. The molecule has 2 rings (SSSR count). The zero-order chi connectivity index (χ0) is 9.10. The molecule has 1 heterocycles. The zero-order valence-electron chi connectivity index (χ0n) is 7.31. The van der Waals surface area contributed by atoms with Gasteiger partial charge in [-0.15, -0.1) is 0 Å². The number of nitriles is 1. The molecule has 1 aliphatic heterocycles. The molecule has 1 saturated heterocycles. The van der Waals surface area contributed by atoms with Crippen LogP contribution in [0.5, 0.6) is 0 Å². The van der Waals surface area contributed by atoms with Crippen molar-refractivity contribution in [2.75, 3.05) is 6.61 Å². The van der Waals surface area contributed by atoms with Gasteiger partial charge in [0.25, 0.3) is 0 Å². The second-order valence-electron chi connectivity index (χ2n) is 3.23. The summed E-state index contributed by atoms with van der Waals surface area (Å²) in [5, 5.41) is 8.87. The van der Waals surface area contributed by atoms with Gasteiger partial charge in [-0.3, -0.25) is 0 Å². The largest absolute Gasteiger partial charge is 0.372 e. The lowest BCUT2D eigenvalue weighted by Crippen LogP contribution is -2.04. The van der Waals surface area contributed by atoms with E-state index in [4.69, 9.17) is 10.00 Å². The molecule has 0 aliphatic carbocycles. The minimum atomic E-state index is -0.00815. The van der Waals surface area contributed by atoms with Crippen LogP contribution in [0.3, 0.4) is 0 Å². The van der Waals surface area contributed by atoms with Crippen LogP contribution < -0.4 is 0 Å². The Morgan fingerprint density at radius 1 is 1.31 bits per heavy atom. The van der Waals surface area contributed by atoms with Gasteiger partial charge in [0, 0.05) is 6.61 Å². The number of hydrogen-bond acceptors (Lipinski definition) is 2. The predicted octanol–water partition coefficient (Wildman–Crippen LogP) is 2.29. The van der Waals surface area contributed by atoms with E-state index in [0.29, 0.717) is 6.61 Å². The standard InChI is InChI=1S/C11H11NO/c12-8-10-6-7-13-11(10)9-4-2-1-3-5-9/h1-5,10-11H,6-7H2. The lowest BCUT2D eigenvalue weighted by atomic mass is 9.97. The van der Waals surface area contributed by atoms with Gasteiger partial charge in [-0.2, -0.15) is 5.26 Å². The molecule has 2 unspecified atom stereocenters. The molecule has 0 spiro atoms. The highest BCUT2D eigenvalue weighted by Crippen LogP contribution is 2.33. The topological polar surface area (TPSA) is 33.0 Å². The molecule has 2 atom stereocenters. The molecule has 0 amide bonds. The van der Waals surface area contributed by atoms with E-state index < -0.39 is 0 Å². The van der Waals surface area contributed by atoms with Crippen LogP contribution in [-0.2, 0) is 4.74 Å². The summed E-state index contributed by atoms with van der Waals surface area (Å²) in [6, 6.07) is 12.2. The fourth-order valence-corrected chi connectivity index (χ4v) is 1.69. The first-order chi connectivity index (χ1) is 6.42. The van der Waals surface area contributed by atoms with E-state index in [1.807, 2.05) is 30.3 Å². The van der Waals surface area contributed by atoms with Crippen molar-refractivity contribution >= 4 is 0 Å². The number of ether oxygens (including phenoxy) is 1. The second-order valence-corrected chi connectivity index (χ2v) is 3.23. The Bertz CT molecular complexity index is 315. The smallest absolute Gasteiger partial charge is 0.0983 e. The maximum Gasteiger partial charge on any atom is 0.0983 e. The van der Waals surface area contributed by atoms with Crippen LogP contribution in [0.4, 0.5) is 0 Å². The summed E-state index contributed by atoms with van der Waals surface area (Å²) in [6.07, 6.45) is 0.849. The number of nitrogens with zero attached hydrogens (tertiary/aromatic N) is 1. The third kappa shape index (κ3) is 1.56. The summed E-state index contributed by atoms with van der Waals surface area (Å²) < 4.78 is 5.52. The first-order valence-corrected chi connectivity index (χ1v) is 4.48. The van der Waals surface area contributed by atoms with Crippen LogP contribution in [0.2, 0.25) is 0 Å². The molecule has 0 aromatic heterocycles. The molecule has 1 aromatic rings. The van der Waals surface area contributed by atoms with Crippen LogP contribution in [0, 0.1) is 17.2 Å². The van der Waals surface area contributed by atoms with Crippen molar-refractivity contribution in [3.05, 3.63) is 35.9 Å². The van der Waals surface area contributed by atoms with Gasteiger partial charge in [0.2, 0.25) is 0 Å². The predicted molar refractivity (Wildman–Crippen MR) is 48.9 cm³/mol. The van der Waals surface area contributed by atoms with Crippen molar-refractivity contribution < 1.29 is 4.74 Å². The average molecular weight is 173 g/mol. The van der Waals surface area contributed by atoms with Gasteiger partial charge in [-0.05, 0) is 12.0 Å². The van der Waals surface area contributed by atoms with E-state index in [-0.39, 0.29) is 12.0 Å². The van der Waals surface area contributed by atoms with Crippen molar-refractivity contribution in [1.29, 1.82) is 5.26 Å². The highest BCUT2D eigenvalue weighted by molar-refractivity contribution is 5.20. The minimum absolute atomic E-state index is 0.00815. The van der Waals surface area contributed by atoms with E-state index >= 15 is 0 Å². The van der Waals surface area contributed by atoms with E-state index in [1.165, 1.54) is 0 Å². The van der Waals surface area contributed by atoms with Gasteiger partial charge in [0.05, 0.1) is 18.1 Å². The Labute approximate surface area is 77.8 Å². The third-order valence-corrected chi connectivity index (χ3v) is 2.39. The van der Waals surface area contributed by atoms with Crippen LogP contribution in [0.25, 0.3) is 0 Å². The molecule has 0 bridgehead atoms. The first-order valence-electron chi connectivity index (χ1n) is 4.48. The van der Waals surface area contributed by atoms with Gasteiger partial charge in [0.1, 0.15) is 0 Å². The molecule has 1 aliphatic rings. The Morgan fingerprint density at radius 3 is 2.77 bits per heavy atom.